The summed E-state index contributed by atoms with van der Waals surface area (Å²) < 4.78 is 25.4. The maximum absolute atomic E-state index is 6.54. The van der Waals surface area contributed by atoms with E-state index in [1.54, 1.807) is 0 Å². The molecule has 0 aromatic heterocycles. The van der Waals surface area contributed by atoms with Crippen LogP contribution in [-0.2, 0) is 6.42 Å². The second kappa shape index (κ2) is 12.6. The van der Waals surface area contributed by atoms with Gasteiger partial charge in [0.1, 0.15) is 49.4 Å². The summed E-state index contributed by atoms with van der Waals surface area (Å²) in [5.74, 6) is 3.43. The van der Waals surface area contributed by atoms with Crippen molar-refractivity contribution in [2.24, 2.45) is 0 Å². The van der Waals surface area contributed by atoms with E-state index < -0.39 is 0 Å². The number of aryl methyl sites for hydroxylation is 1. The van der Waals surface area contributed by atoms with Crippen molar-refractivity contribution in [2.45, 2.75) is 13.3 Å². The summed E-state index contributed by atoms with van der Waals surface area (Å²) in [6, 6.07) is 43.6. The Labute approximate surface area is 257 Å². The van der Waals surface area contributed by atoms with E-state index in [0.717, 1.165) is 72.5 Å². The minimum absolute atomic E-state index is 0.414. The minimum Gasteiger partial charge on any atom is -0.489 e. The fourth-order valence-electron chi connectivity index (χ4n) is 5.91. The molecule has 0 unspecified atom stereocenters. The molecule has 0 saturated carbocycles. The third-order valence-corrected chi connectivity index (χ3v) is 8.07. The first-order valence-corrected chi connectivity index (χ1v) is 15.2. The minimum atomic E-state index is 0.414. The Morgan fingerprint density at radius 1 is 0.386 bits per heavy atom. The molecule has 0 atom stereocenters. The van der Waals surface area contributed by atoms with Crippen molar-refractivity contribution in [3.05, 3.63) is 133 Å². The van der Waals surface area contributed by atoms with Crippen LogP contribution < -0.4 is 18.9 Å². The molecule has 44 heavy (non-hydrogen) atoms. The second-order valence-corrected chi connectivity index (χ2v) is 10.8. The van der Waals surface area contributed by atoms with E-state index in [1.807, 2.05) is 60.7 Å². The molecule has 0 aliphatic carbocycles. The van der Waals surface area contributed by atoms with Crippen LogP contribution in [0.25, 0.3) is 43.1 Å². The zero-order chi connectivity index (χ0) is 29.7. The molecule has 4 nitrogen and oxygen atoms in total. The highest BCUT2D eigenvalue weighted by Crippen LogP contribution is 2.43. The van der Waals surface area contributed by atoms with Crippen molar-refractivity contribution < 1.29 is 18.9 Å². The van der Waals surface area contributed by atoms with E-state index in [9.17, 15) is 0 Å². The number of rotatable bonds is 11. The Kier molecular flexibility index (Phi) is 7.88. The summed E-state index contributed by atoms with van der Waals surface area (Å²) in [4.78, 5) is 0. The van der Waals surface area contributed by atoms with Crippen molar-refractivity contribution in [1.82, 2.24) is 0 Å². The van der Waals surface area contributed by atoms with Crippen molar-refractivity contribution >= 4 is 43.1 Å². The number of hydrogen-bond acceptors (Lipinski definition) is 4. The Hall–Kier alpha value is -5.22. The van der Waals surface area contributed by atoms with Gasteiger partial charge in [0.15, 0.2) is 0 Å². The maximum atomic E-state index is 6.54. The maximum Gasteiger partial charge on any atom is 0.135 e. The lowest BCUT2D eigenvalue weighted by Gasteiger charge is -2.19. The quantitative estimate of drug-likeness (QED) is 0.113. The molecule has 0 bridgehead atoms. The summed E-state index contributed by atoms with van der Waals surface area (Å²) >= 11 is 0. The lowest BCUT2D eigenvalue weighted by Crippen LogP contribution is -2.11. The lowest BCUT2D eigenvalue weighted by molar-refractivity contribution is 0.219. The lowest BCUT2D eigenvalue weighted by atomic mass is 9.98. The average molecular weight is 579 g/mol. The Balaban J connectivity index is 1.14. The molecule has 0 spiro atoms. The van der Waals surface area contributed by atoms with Gasteiger partial charge in [-0.05, 0) is 41.0 Å². The summed E-state index contributed by atoms with van der Waals surface area (Å²) in [5.41, 5.74) is 1.25. The van der Waals surface area contributed by atoms with Crippen LogP contribution in [0.1, 0.15) is 12.5 Å². The highest BCUT2D eigenvalue weighted by atomic mass is 16.5. The molecule has 0 radical (unpaired) electrons. The van der Waals surface area contributed by atoms with Gasteiger partial charge in [0.2, 0.25) is 0 Å². The van der Waals surface area contributed by atoms with Gasteiger partial charge in [-0.2, -0.15) is 0 Å². The van der Waals surface area contributed by atoms with E-state index in [1.165, 1.54) is 5.56 Å². The van der Waals surface area contributed by atoms with Crippen LogP contribution in [0.2, 0.25) is 0 Å². The predicted octanol–water partition coefficient (Wildman–Crippen LogP) is 9.78. The smallest absolute Gasteiger partial charge is 0.135 e. The number of benzene rings is 7. The predicted molar refractivity (Wildman–Crippen MR) is 181 cm³/mol. The summed E-state index contributed by atoms with van der Waals surface area (Å²) in [7, 11) is 0. The SMILES string of the molecule is CCc1ccc2c(OCCOc3cccc4ccccc34)c3ccccc3c(OCCOc3cccc4ccccc34)c2c1. The summed E-state index contributed by atoms with van der Waals surface area (Å²) in [6.07, 6.45) is 0.932. The molecule has 7 rings (SSSR count). The van der Waals surface area contributed by atoms with E-state index in [-0.39, 0.29) is 0 Å². The fourth-order valence-corrected chi connectivity index (χ4v) is 5.91. The first kappa shape index (κ1) is 27.6. The van der Waals surface area contributed by atoms with Crippen LogP contribution >= 0.6 is 0 Å². The molecule has 0 amide bonds. The highest BCUT2D eigenvalue weighted by molar-refractivity contribution is 6.11. The Bertz CT molecular complexity index is 2070. The number of ether oxygens (including phenoxy) is 4. The van der Waals surface area contributed by atoms with Gasteiger partial charge in [-0.1, -0.05) is 116 Å². The Morgan fingerprint density at radius 3 is 1.36 bits per heavy atom. The van der Waals surface area contributed by atoms with Crippen molar-refractivity contribution in [3.63, 3.8) is 0 Å². The average Bonchev–Trinajstić information content (AvgIpc) is 3.08. The second-order valence-electron chi connectivity index (χ2n) is 10.8. The third kappa shape index (κ3) is 5.47. The van der Waals surface area contributed by atoms with Gasteiger partial charge in [-0.15, -0.1) is 0 Å². The van der Waals surface area contributed by atoms with Crippen molar-refractivity contribution in [1.29, 1.82) is 0 Å². The molecule has 4 heteroatoms. The Morgan fingerprint density at radius 2 is 0.818 bits per heavy atom. The van der Waals surface area contributed by atoms with Gasteiger partial charge < -0.3 is 18.9 Å². The van der Waals surface area contributed by atoms with Crippen molar-refractivity contribution in [2.75, 3.05) is 26.4 Å². The first-order chi connectivity index (χ1) is 21.8. The molecule has 218 valence electrons. The normalized spacial score (nSPS) is 11.3. The van der Waals surface area contributed by atoms with E-state index in [2.05, 4.69) is 73.7 Å². The van der Waals surface area contributed by atoms with Gasteiger partial charge in [0.05, 0.1) is 0 Å². The van der Waals surface area contributed by atoms with Gasteiger partial charge >= 0.3 is 0 Å². The monoisotopic (exact) mass is 578 g/mol. The summed E-state index contributed by atoms with van der Waals surface area (Å²) in [5, 5.41) is 8.62. The van der Waals surface area contributed by atoms with Crippen LogP contribution in [0.4, 0.5) is 0 Å². The van der Waals surface area contributed by atoms with Crippen molar-refractivity contribution in [3.8, 4) is 23.0 Å². The molecule has 0 heterocycles. The molecular weight excluding hydrogens is 544 g/mol. The van der Waals surface area contributed by atoms with E-state index >= 15 is 0 Å². The number of hydrogen-bond donors (Lipinski definition) is 0. The van der Waals surface area contributed by atoms with Gasteiger partial charge in [-0.3, -0.25) is 0 Å². The molecule has 7 aromatic carbocycles. The largest absolute Gasteiger partial charge is 0.489 e. The summed E-state index contributed by atoms with van der Waals surface area (Å²) in [6.45, 7) is 3.86. The molecule has 0 fully saturated rings. The number of fused-ring (bicyclic) bond motifs is 4. The topological polar surface area (TPSA) is 36.9 Å². The zero-order valence-corrected chi connectivity index (χ0v) is 24.8. The molecule has 7 aromatic rings. The molecular formula is C40H34O4. The standard InChI is InChI=1S/C40H34O4/c1-2-28-21-22-35-36(27-28)40(44-26-24-42-38-20-10-14-30-12-4-6-16-32(30)38)34-18-8-7-17-33(34)39(35)43-25-23-41-37-19-9-13-29-11-3-5-15-31(29)37/h3-22,27H,2,23-26H2,1H3. The van der Waals surface area contributed by atoms with Crippen LogP contribution in [0, 0.1) is 0 Å². The molecule has 0 saturated heterocycles. The van der Waals surface area contributed by atoms with Gasteiger partial charge in [0, 0.05) is 32.3 Å². The van der Waals surface area contributed by atoms with Gasteiger partial charge in [0.25, 0.3) is 0 Å². The van der Waals surface area contributed by atoms with E-state index in [4.69, 9.17) is 18.9 Å². The first-order valence-electron chi connectivity index (χ1n) is 15.2. The zero-order valence-electron chi connectivity index (χ0n) is 24.8. The highest BCUT2D eigenvalue weighted by Gasteiger charge is 2.17. The van der Waals surface area contributed by atoms with Crippen LogP contribution in [0.5, 0.6) is 23.0 Å². The van der Waals surface area contributed by atoms with Crippen LogP contribution in [0.3, 0.4) is 0 Å². The van der Waals surface area contributed by atoms with Crippen LogP contribution in [0.15, 0.2) is 127 Å². The fraction of sp³-hybridized carbons (Fsp3) is 0.150. The molecule has 0 aliphatic heterocycles. The third-order valence-electron chi connectivity index (χ3n) is 8.07. The van der Waals surface area contributed by atoms with Crippen LogP contribution in [-0.4, -0.2) is 26.4 Å². The molecule has 0 N–H and O–H groups in total. The van der Waals surface area contributed by atoms with E-state index in [0.29, 0.717) is 26.4 Å². The van der Waals surface area contributed by atoms with Gasteiger partial charge in [-0.25, -0.2) is 0 Å². The molecule has 0 aliphatic rings.